The van der Waals surface area contributed by atoms with Crippen molar-refractivity contribution in [3.8, 4) is 0 Å². The number of primary amides is 1. The zero-order valence-electron chi connectivity index (χ0n) is 7.60. The molecule has 0 saturated carbocycles. The highest BCUT2D eigenvalue weighted by Gasteiger charge is 1.94. The van der Waals surface area contributed by atoms with Gasteiger partial charge in [-0.1, -0.05) is 30.3 Å². The van der Waals surface area contributed by atoms with Gasteiger partial charge in [-0.2, -0.15) is 0 Å². The van der Waals surface area contributed by atoms with Gasteiger partial charge in [0.2, 0.25) is 0 Å². The molecule has 0 radical (unpaired) electrons. The van der Waals surface area contributed by atoms with Crippen LogP contribution in [0.25, 0.3) is 0 Å². The molecule has 5 nitrogen and oxygen atoms in total. The van der Waals surface area contributed by atoms with Gasteiger partial charge in [0, 0.05) is 0 Å². The Hall–Kier alpha value is -2.04. The van der Waals surface area contributed by atoms with Crippen LogP contribution < -0.4 is 16.8 Å². The Morgan fingerprint density at radius 3 is 2.50 bits per heavy atom. The topological polar surface area (TPSA) is 93.5 Å². The summed E-state index contributed by atoms with van der Waals surface area (Å²) in [5.41, 5.74) is 11.2. The molecule has 0 heterocycles. The molecule has 0 aliphatic rings. The SMILES string of the molecule is NC(=O)NC(N)=NCc1ccccc1. The molecule has 0 aliphatic carbocycles. The monoisotopic (exact) mass is 192 g/mol. The summed E-state index contributed by atoms with van der Waals surface area (Å²) in [7, 11) is 0. The third-order valence-corrected chi connectivity index (χ3v) is 1.53. The van der Waals surface area contributed by atoms with Crippen LogP contribution >= 0.6 is 0 Å². The number of nitrogens with zero attached hydrogens (tertiary/aromatic N) is 1. The van der Waals surface area contributed by atoms with E-state index in [4.69, 9.17) is 11.5 Å². The molecular weight excluding hydrogens is 180 g/mol. The van der Waals surface area contributed by atoms with Gasteiger partial charge in [0.1, 0.15) is 0 Å². The molecule has 0 spiro atoms. The van der Waals surface area contributed by atoms with Crippen molar-refractivity contribution < 1.29 is 4.79 Å². The number of carbonyl (C=O) groups is 1. The van der Waals surface area contributed by atoms with Gasteiger partial charge in [-0.3, -0.25) is 5.32 Å². The van der Waals surface area contributed by atoms with Gasteiger partial charge in [0.15, 0.2) is 5.96 Å². The second kappa shape index (κ2) is 4.86. The van der Waals surface area contributed by atoms with Crippen molar-refractivity contribution in [1.29, 1.82) is 0 Å². The minimum Gasteiger partial charge on any atom is -0.370 e. The molecule has 0 fully saturated rings. The molecule has 1 rings (SSSR count). The van der Waals surface area contributed by atoms with Crippen LogP contribution in [0.1, 0.15) is 5.56 Å². The molecule has 0 unspecified atom stereocenters. The van der Waals surface area contributed by atoms with Crippen LogP contribution in [0.5, 0.6) is 0 Å². The molecule has 14 heavy (non-hydrogen) atoms. The lowest BCUT2D eigenvalue weighted by Crippen LogP contribution is -2.40. The molecule has 5 heteroatoms. The van der Waals surface area contributed by atoms with E-state index in [1.165, 1.54) is 0 Å². The van der Waals surface area contributed by atoms with Crippen molar-refractivity contribution >= 4 is 12.0 Å². The predicted octanol–water partition coefficient (Wildman–Crippen LogP) is 0.170. The Labute approximate surface area is 81.8 Å². The highest BCUT2D eigenvalue weighted by Crippen LogP contribution is 1.99. The van der Waals surface area contributed by atoms with Crippen molar-refractivity contribution in [1.82, 2.24) is 5.32 Å². The molecule has 2 amide bonds. The van der Waals surface area contributed by atoms with E-state index in [1.807, 2.05) is 30.3 Å². The Balaban J connectivity index is 2.51. The highest BCUT2D eigenvalue weighted by atomic mass is 16.2. The normalized spacial score (nSPS) is 11.0. The van der Waals surface area contributed by atoms with E-state index in [0.29, 0.717) is 6.54 Å². The molecule has 0 aliphatic heterocycles. The first-order valence-corrected chi connectivity index (χ1v) is 4.09. The predicted molar refractivity (Wildman–Crippen MR) is 54.5 cm³/mol. The number of urea groups is 1. The first-order chi connectivity index (χ1) is 6.68. The second-order valence-corrected chi connectivity index (χ2v) is 2.68. The van der Waals surface area contributed by atoms with Gasteiger partial charge in [-0.15, -0.1) is 0 Å². The van der Waals surface area contributed by atoms with Gasteiger partial charge < -0.3 is 11.5 Å². The fourth-order valence-corrected chi connectivity index (χ4v) is 0.926. The lowest BCUT2D eigenvalue weighted by atomic mass is 10.2. The maximum atomic E-state index is 10.4. The number of nitrogens with two attached hydrogens (primary N) is 2. The largest absolute Gasteiger partial charge is 0.370 e. The molecule has 1 aromatic carbocycles. The van der Waals surface area contributed by atoms with E-state index in [2.05, 4.69) is 10.3 Å². The van der Waals surface area contributed by atoms with Crippen molar-refractivity contribution in [2.45, 2.75) is 6.54 Å². The third-order valence-electron chi connectivity index (χ3n) is 1.53. The Morgan fingerprint density at radius 1 is 1.29 bits per heavy atom. The first-order valence-electron chi connectivity index (χ1n) is 4.09. The second-order valence-electron chi connectivity index (χ2n) is 2.68. The average Bonchev–Trinajstić information content (AvgIpc) is 2.15. The van der Waals surface area contributed by atoms with Crippen LogP contribution in [0.3, 0.4) is 0 Å². The van der Waals surface area contributed by atoms with E-state index < -0.39 is 6.03 Å². The van der Waals surface area contributed by atoms with E-state index in [9.17, 15) is 4.79 Å². The standard InChI is InChI=1S/C9H12N4O/c10-8(13-9(11)14)12-6-7-4-2-1-3-5-7/h1-5H,6H2,(H5,10,11,12,13,14). The maximum Gasteiger partial charge on any atom is 0.318 e. The molecule has 0 aromatic heterocycles. The average molecular weight is 192 g/mol. The van der Waals surface area contributed by atoms with E-state index in [0.717, 1.165) is 5.56 Å². The number of nitrogens with one attached hydrogen (secondary N) is 1. The summed E-state index contributed by atoms with van der Waals surface area (Å²) < 4.78 is 0. The summed E-state index contributed by atoms with van der Waals surface area (Å²) in [6.07, 6.45) is 0. The number of rotatable bonds is 2. The van der Waals surface area contributed by atoms with Crippen LogP contribution in [-0.4, -0.2) is 12.0 Å². The molecule has 74 valence electrons. The van der Waals surface area contributed by atoms with Gasteiger partial charge in [0.05, 0.1) is 6.54 Å². The summed E-state index contributed by atoms with van der Waals surface area (Å²) in [4.78, 5) is 14.3. The van der Waals surface area contributed by atoms with Gasteiger partial charge in [0.25, 0.3) is 0 Å². The first kappa shape index (κ1) is 10.0. The fourth-order valence-electron chi connectivity index (χ4n) is 0.926. The van der Waals surface area contributed by atoms with Crippen LogP contribution in [0.4, 0.5) is 4.79 Å². The number of hydrogen-bond acceptors (Lipinski definition) is 2. The Bertz CT molecular complexity index is 334. The van der Waals surface area contributed by atoms with Gasteiger partial charge >= 0.3 is 6.03 Å². The smallest absolute Gasteiger partial charge is 0.318 e. The van der Waals surface area contributed by atoms with Crippen molar-refractivity contribution in [2.24, 2.45) is 16.5 Å². The van der Waals surface area contributed by atoms with Crippen molar-refractivity contribution in [3.63, 3.8) is 0 Å². The molecule has 0 bridgehead atoms. The van der Waals surface area contributed by atoms with Crippen LogP contribution in [0, 0.1) is 0 Å². The van der Waals surface area contributed by atoms with E-state index in [1.54, 1.807) is 0 Å². The summed E-state index contributed by atoms with van der Waals surface area (Å²) >= 11 is 0. The van der Waals surface area contributed by atoms with Crippen molar-refractivity contribution in [3.05, 3.63) is 35.9 Å². The summed E-state index contributed by atoms with van der Waals surface area (Å²) in [5.74, 6) is 0.0290. The molecular formula is C9H12N4O. The Morgan fingerprint density at radius 2 is 1.93 bits per heavy atom. The van der Waals surface area contributed by atoms with Crippen molar-refractivity contribution in [2.75, 3.05) is 0 Å². The lowest BCUT2D eigenvalue weighted by Gasteiger charge is -2.00. The lowest BCUT2D eigenvalue weighted by molar-refractivity contribution is 0.253. The van der Waals surface area contributed by atoms with Crippen LogP contribution in [0.15, 0.2) is 35.3 Å². The number of aliphatic imine (C=N–C) groups is 1. The van der Waals surface area contributed by atoms with E-state index in [-0.39, 0.29) is 5.96 Å². The number of carbonyl (C=O) groups excluding carboxylic acids is 1. The van der Waals surface area contributed by atoms with E-state index >= 15 is 0 Å². The van der Waals surface area contributed by atoms with Crippen LogP contribution in [-0.2, 0) is 6.54 Å². The van der Waals surface area contributed by atoms with Gasteiger partial charge in [-0.25, -0.2) is 9.79 Å². The quantitative estimate of drug-likeness (QED) is 0.460. The maximum absolute atomic E-state index is 10.4. The summed E-state index contributed by atoms with van der Waals surface area (Å²) in [6, 6.07) is 8.85. The third kappa shape index (κ3) is 3.57. The fraction of sp³-hybridized carbons (Fsp3) is 0.111. The summed E-state index contributed by atoms with van der Waals surface area (Å²) in [6.45, 7) is 0.424. The molecule has 0 atom stereocenters. The minimum atomic E-state index is -0.709. The summed E-state index contributed by atoms with van der Waals surface area (Å²) in [5, 5.41) is 2.18. The molecule has 0 saturated heterocycles. The Kier molecular flexibility index (Phi) is 3.49. The molecule has 1 aromatic rings. The highest BCUT2D eigenvalue weighted by molar-refractivity contribution is 5.94. The van der Waals surface area contributed by atoms with Gasteiger partial charge in [-0.05, 0) is 5.56 Å². The number of benzene rings is 1. The zero-order chi connectivity index (χ0) is 10.4. The minimum absolute atomic E-state index is 0.0290. The number of amides is 2. The number of guanidine groups is 1. The number of hydrogen-bond donors (Lipinski definition) is 3. The molecule has 5 N–H and O–H groups in total. The van der Waals surface area contributed by atoms with Crippen LogP contribution in [0.2, 0.25) is 0 Å². The zero-order valence-corrected chi connectivity index (χ0v) is 7.60.